The summed E-state index contributed by atoms with van der Waals surface area (Å²) in [5.74, 6) is 1.90. The summed E-state index contributed by atoms with van der Waals surface area (Å²) in [6, 6.07) is 0. The van der Waals surface area contributed by atoms with Crippen LogP contribution < -0.4 is 5.32 Å². The van der Waals surface area contributed by atoms with E-state index in [0.717, 1.165) is 11.5 Å². The molecule has 0 saturated heterocycles. The second-order valence-electron chi connectivity index (χ2n) is 4.63. The lowest BCUT2D eigenvalue weighted by Crippen LogP contribution is -2.24. The molecule has 0 aliphatic carbocycles. The lowest BCUT2D eigenvalue weighted by molar-refractivity contribution is 0.0937. The molecule has 102 valence electrons. The van der Waals surface area contributed by atoms with Crippen molar-refractivity contribution in [2.24, 2.45) is 0 Å². The van der Waals surface area contributed by atoms with Crippen molar-refractivity contribution >= 4 is 5.91 Å². The number of aryl methyl sites for hydroxylation is 2. The number of oxazole rings is 1. The third-order valence-electron chi connectivity index (χ3n) is 2.73. The van der Waals surface area contributed by atoms with Crippen LogP contribution in [-0.2, 0) is 6.54 Å². The number of hydrogen-bond donors (Lipinski definition) is 2. The van der Waals surface area contributed by atoms with Crippen LogP contribution in [0.2, 0.25) is 0 Å². The number of nitrogens with one attached hydrogen (secondary N) is 2. The maximum atomic E-state index is 11.8. The molecule has 0 radical (unpaired) electrons. The van der Waals surface area contributed by atoms with Gasteiger partial charge in [-0.05, 0) is 13.8 Å². The number of amides is 1. The number of rotatable bonds is 4. The summed E-state index contributed by atoms with van der Waals surface area (Å²) in [6.07, 6.45) is 0. The molecule has 7 heteroatoms. The summed E-state index contributed by atoms with van der Waals surface area (Å²) in [5, 5.41) is 9.28. The van der Waals surface area contributed by atoms with Crippen molar-refractivity contribution in [3.05, 3.63) is 29.0 Å². The fourth-order valence-electron chi connectivity index (χ4n) is 1.48. The molecule has 7 nitrogen and oxygen atoms in total. The van der Waals surface area contributed by atoms with Gasteiger partial charge in [0.1, 0.15) is 11.6 Å². The van der Waals surface area contributed by atoms with E-state index in [1.165, 1.54) is 0 Å². The van der Waals surface area contributed by atoms with Gasteiger partial charge in [-0.3, -0.25) is 9.89 Å². The highest BCUT2D eigenvalue weighted by Crippen LogP contribution is 2.09. The van der Waals surface area contributed by atoms with Crippen molar-refractivity contribution in [2.45, 2.75) is 40.2 Å². The Morgan fingerprint density at radius 2 is 2.11 bits per heavy atom. The summed E-state index contributed by atoms with van der Waals surface area (Å²) in [4.78, 5) is 20.1. The van der Waals surface area contributed by atoms with Gasteiger partial charge in [-0.25, -0.2) is 9.97 Å². The fourth-order valence-corrected chi connectivity index (χ4v) is 1.48. The van der Waals surface area contributed by atoms with Crippen molar-refractivity contribution in [3.8, 4) is 0 Å². The average Bonchev–Trinajstić information content (AvgIpc) is 2.95. The first-order chi connectivity index (χ1) is 8.97. The van der Waals surface area contributed by atoms with Crippen molar-refractivity contribution in [2.75, 3.05) is 0 Å². The highest BCUT2D eigenvalue weighted by Gasteiger charge is 2.15. The van der Waals surface area contributed by atoms with Crippen LogP contribution in [0.1, 0.15) is 53.6 Å². The summed E-state index contributed by atoms with van der Waals surface area (Å²) in [7, 11) is 0. The minimum atomic E-state index is -0.350. The van der Waals surface area contributed by atoms with Gasteiger partial charge in [0.25, 0.3) is 5.91 Å². The van der Waals surface area contributed by atoms with Crippen LogP contribution in [0, 0.1) is 13.8 Å². The topological polar surface area (TPSA) is 96.7 Å². The molecule has 0 spiro atoms. The summed E-state index contributed by atoms with van der Waals surface area (Å²) in [5.41, 5.74) is 0.823. The van der Waals surface area contributed by atoms with Crippen LogP contribution in [0.3, 0.4) is 0 Å². The highest BCUT2D eigenvalue weighted by atomic mass is 16.4. The van der Waals surface area contributed by atoms with E-state index < -0.39 is 0 Å². The Morgan fingerprint density at radius 3 is 2.63 bits per heavy atom. The molecule has 0 unspecified atom stereocenters. The van der Waals surface area contributed by atoms with Gasteiger partial charge >= 0.3 is 0 Å². The van der Waals surface area contributed by atoms with E-state index in [-0.39, 0.29) is 24.2 Å². The Labute approximate surface area is 110 Å². The maximum absolute atomic E-state index is 11.8. The second kappa shape index (κ2) is 5.21. The molecule has 0 saturated carbocycles. The fraction of sp³-hybridized carbons (Fsp3) is 0.500. The Balaban J connectivity index is 1.97. The molecule has 0 aromatic carbocycles. The van der Waals surface area contributed by atoms with Gasteiger partial charge in [0.05, 0.1) is 12.2 Å². The van der Waals surface area contributed by atoms with Crippen LogP contribution in [0.4, 0.5) is 0 Å². The zero-order chi connectivity index (χ0) is 14.0. The van der Waals surface area contributed by atoms with Crippen LogP contribution in [-0.4, -0.2) is 26.1 Å². The summed E-state index contributed by atoms with van der Waals surface area (Å²) >= 11 is 0. The molecule has 0 atom stereocenters. The third-order valence-corrected chi connectivity index (χ3v) is 2.73. The van der Waals surface area contributed by atoms with Crippen molar-refractivity contribution in [3.63, 3.8) is 0 Å². The van der Waals surface area contributed by atoms with E-state index in [4.69, 9.17) is 4.42 Å². The number of hydrogen-bond acceptors (Lipinski definition) is 5. The van der Waals surface area contributed by atoms with Crippen molar-refractivity contribution < 1.29 is 9.21 Å². The van der Waals surface area contributed by atoms with Crippen molar-refractivity contribution in [1.82, 2.24) is 25.5 Å². The number of aromatic amines is 1. The maximum Gasteiger partial charge on any atom is 0.291 e. The molecule has 2 aromatic heterocycles. The Kier molecular flexibility index (Phi) is 3.64. The first-order valence-electron chi connectivity index (χ1n) is 6.10. The van der Waals surface area contributed by atoms with Gasteiger partial charge in [0.15, 0.2) is 0 Å². The van der Waals surface area contributed by atoms with Crippen LogP contribution in [0.25, 0.3) is 0 Å². The first-order valence-corrected chi connectivity index (χ1v) is 6.10. The third kappa shape index (κ3) is 2.98. The van der Waals surface area contributed by atoms with E-state index in [2.05, 4.69) is 25.5 Å². The average molecular weight is 263 g/mol. The molecule has 0 aliphatic rings. The lowest BCUT2D eigenvalue weighted by atomic mass is 10.2. The predicted octanol–water partition coefficient (Wildman–Crippen LogP) is 1.46. The van der Waals surface area contributed by atoms with Gasteiger partial charge in [-0.2, -0.15) is 0 Å². The zero-order valence-corrected chi connectivity index (χ0v) is 11.4. The van der Waals surface area contributed by atoms with Gasteiger partial charge in [0, 0.05) is 5.92 Å². The molecule has 1 amide bonds. The van der Waals surface area contributed by atoms with E-state index in [9.17, 15) is 4.79 Å². The molecular formula is C12H17N5O2. The zero-order valence-electron chi connectivity index (χ0n) is 11.4. The highest BCUT2D eigenvalue weighted by molar-refractivity contribution is 5.90. The Hall–Kier alpha value is -2.18. The number of nitrogens with zero attached hydrogens (tertiary/aromatic N) is 3. The smallest absolute Gasteiger partial charge is 0.291 e. The Bertz CT molecular complexity index is 565. The number of aromatic nitrogens is 4. The van der Waals surface area contributed by atoms with Gasteiger partial charge in [-0.1, -0.05) is 13.8 Å². The van der Waals surface area contributed by atoms with E-state index in [1.54, 1.807) is 0 Å². The van der Waals surface area contributed by atoms with E-state index >= 15 is 0 Å². The normalized spacial score (nSPS) is 11.0. The molecular weight excluding hydrogens is 246 g/mol. The first kappa shape index (κ1) is 13.3. The minimum Gasteiger partial charge on any atom is -0.444 e. The predicted molar refractivity (Wildman–Crippen MR) is 67.6 cm³/mol. The second-order valence-corrected chi connectivity index (χ2v) is 4.63. The lowest BCUT2D eigenvalue weighted by Gasteiger charge is -1.98. The monoisotopic (exact) mass is 263 g/mol. The molecule has 2 heterocycles. The van der Waals surface area contributed by atoms with Crippen LogP contribution in [0.5, 0.6) is 0 Å². The summed E-state index contributed by atoms with van der Waals surface area (Å²) in [6.45, 7) is 7.85. The largest absolute Gasteiger partial charge is 0.444 e. The van der Waals surface area contributed by atoms with Gasteiger partial charge < -0.3 is 9.73 Å². The quantitative estimate of drug-likeness (QED) is 0.870. The molecule has 2 aromatic rings. The SMILES string of the molecule is Cc1nc(CNC(=O)c2n[nH]c(C(C)C)n2)oc1C. The number of carbonyl (C=O) groups excluding carboxylic acids is 1. The van der Waals surface area contributed by atoms with Crippen LogP contribution in [0.15, 0.2) is 4.42 Å². The Morgan fingerprint density at radius 1 is 1.37 bits per heavy atom. The summed E-state index contributed by atoms with van der Waals surface area (Å²) < 4.78 is 5.37. The molecule has 2 N–H and O–H groups in total. The van der Waals surface area contributed by atoms with Crippen molar-refractivity contribution in [1.29, 1.82) is 0 Å². The van der Waals surface area contributed by atoms with Crippen LogP contribution >= 0.6 is 0 Å². The molecule has 0 fully saturated rings. The van der Waals surface area contributed by atoms with E-state index in [0.29, 0.717) is 11.7 Å². The minimum absolute atomic E-state index is 0.128. The number of H-pyrrole nitrogens is 1. The molecule has 2 rings (SSSR count). The molecule has 0 bridgehead atoms. The van der Waals surface area contributed by atoms with Gasteiger partial charge in [0.2, 0.25) is 11.7 Å². The van der Waals surface area contributed by atoms with Gasteiger partial charge in [-0.15, -0.1) is 5.10 Å². The molecule has 19 heavy (non-hydrogen) atoms. The molecule has 0 aliphatic heterocycles. The standard InChI is InChI=1S/C12H17N5O2/c1-6(2)10-15-11(17-16-10)12(18)13-5-9-14-7(3)8(4)19-9/h6H,5H2,1-4H3,(H,13,18)(H,15,16,17). The van der Waals surface area contributed by atoms with E-state index in [1.807, 2.05) is 27.7 Å². The number of carbonyl (C=O) groups is 1.